The number of aromatic nitrogens is 1. The highest BCUT2D eigenvalue weighted by Gasteiger charge is 2.22. The molecule has 0 atom stereocenters. The molecular weight excluding hydrogens is 312 g/mol. The lowest BCUT2D eigenvalue weighted by molar-refractivity contribution is 0.0991. The number of amides is 1. The van der Waals surface area contributed by atoms with Gasteiger partial charge in [-0.3, -0.25) is 4.79 Å². The van der Waals surface area contributed by atoms with E-state index in [1.807, 2.05) is 61.7 Å². The normalized spacial score (nSPS) is 10.6. The van der Waals surface area contributed by atoms with Gasteiger partial charge in [-0.15, -0.1) is 22.7 Å². The molecule has 3 rings (SSSR count). The van der Waals surface area contributed by atoms with Crippen molar-refractivity contribution in [3.63, 3.8) is 0 Å². The molecule has 0 aliphatic heterocycles. The molecule has 0 saturated heterocycles. The van der Waals surface area contributed by atoms with Crippen LogP contribution in [0.1, 0.15) is 22.3 Å². The van der Waals surface area contributed by atoms with Crippen LogP contribution in [0.5, 0.6) is 0 Å². The Kier molecular flexibility index (Phi) is 4.36. The number of hydrogen-bond donors (Lipinski definition) is 0. The number of para-hydroxylation sites is 1. The van der Waals surface area contributed by atoms with Crippen molar-refractivity contribution in [1.82, 2.24) is 4.98 Å². The predicted octanol–water partition coefficient (Wildman–Crippen LogP) is 4.85. The molecule has 22 heavy (non-hydrogen) atoms. The smallest absolute Gasteiger partial charge is 0.270 e. The van der Waals surface area contributed by atoms with E-state index in [-0.39, 0.29) is 5.91 Å². The minimum Gasteiger partial charge on any atom is -0.308 e. The van der Waals surface area contributed by atoms with Crippen LogP contribution in [0.25, 0.3) is 9.88 Å². The average Bonchev–Trinajstić information content (AvgIpc) is 3.18. The third-order valence-electron chi connectivity index (χ3n) is 3.35. The fourth-order valence-corrected chi connectivity index (χ4v) is 4.09. The van der Waals surface area contributed by atoms with Gasteiger partial charge in [0.25, 0.3) is 5.91 Å². The number of nitrogens with zero attached hydrogens (tertiary/aromatic N) is 2. The summed E-state index contributed by atoms with van der Waals surface area (Å²) in [5.74, 6) is 0.0199. The first kappa shape index (κ1) is 14.9. The van der Waals surface area contributed by atoms with Crippen molar-refractivity contribution in [3.8, 4) is 9.88 Å². The Labute approximate surface area is 137 Å². The summed E-state index contributed by atoms with van der Waals surface area (Å²) in [5, 5.41) is 2.94. The SMILES string of the molecule is CCN(C(=O)c1sc(-c2cccs2)nc1C)c1ccccc1. The van der Waals surface area contributed by atoms with Gasteiger partial charge in [-0.05, 0) is 37.4 Å². The van der Waals surface area contributed by atoms with Crippen LogP contribution in [0.3, 0.4) is 0 Å². The quantitative estimate of drug-likeness (QED) is 0.686. The molecule has 0 bridgehead atoms. The molecule has 0 fully saturated rings. The van der Waals surface area contributed by atoms with Gasteiger partial charge in [-0.2, -0.15) is 0 Å². The van der Waals surface area contributed by atoms with E-state index >= 15 is 0 Å². The number of benzene rings is 1. The van der Waals surface area contributed by atoms with Crippen LogP contribution in [0.4, 0.5) is 5.69 Å². The summed E-state index contributed by atoms with van der Waals surface area (Å²) in [6, 6.07) is 13.8. The van der Waals surface area contributed by atoms with Crippen molar-refractivity contribution in [1.29, 1.82) is 0 Å². The molecule has 0 aliphatic rings. The summed E-state index contributed by atoms with van der Waals surface area (Å²) < 4.78 is 0. The fraction of sp³-hybridized carbons (Fsp3) is 0.176. The molecule has 0 radical (unpaired) electrons. The maximum Gasteiger partial charge on any atom is 0.270 e. The van der Waals surface area contributed by atoms with Crippen molar-refractivity contribution in [2.45, 2.75) is 13.8 Å². The van der Waals surface area contributed by atoms with Gasteiger partial charge in [-0.1, -0.05) is 24.3 Å². The van der Waals surface area contributed by atoms with E-state index in [1.165, 1.54) is 11.3 Å². The Balaban J connectivity index is 1.95. The highest BCUT2D eigenvalue weighted by molar-refractivity contribution is 7.22. The Bertz CT molecular complexity index is 763. The molecule has 3 aromatic rings. The summed E-state index contributed by atoms with van der Waals surface area (Å²) >= 11 is 3.12. The molecule has 2 heterocycles. The maximum atomic E-state index is 12.9. The van der Waals surface area contributed by atoms with Gasteiger partial charge in [0.1, 0.15) is 9.88 Å². The molecule has 112 valence electrons. The third-order valence-corrected chi connectivity index (χ3v) is 5.54. The first-order valence-electron chi connectivity index (χ1n) is 7.09. The average molecular weight is 328 g/mol. The van der Waals surface area contributed by atoms with Crippen LogP contribution in [-0.4, -0.2) is 17.4 Å². The second-order valence-electron chi connectivity index (χ2n) is 4.80. The molecular formula is C17H16N2OS2. The van der Waals surface area contributed by atoms with Crippen molar-refractivity contribution >= 4 is 34.3 Å². The van der Waals surface area contributed by atoms with Gasteiger partial charge in [0.15, 0.2) is 0 Å². The lowest BCUT2D eigenvalue weighted by atomic mass is 10.2. The summed E-state index contributed by atoms with van der Waals surface area (Å²) in [6.07, 6.45) is 0. The zero-order chi connectivity index (χ0) is 15.5. The molecule has 0 unspecified atom stereocenters. The zero-order valence-corrected chi connectivity index (χ0v) is 14.1. The number of thiophene rings is 1. The number of thiazole rings is 1. The van der Waals surface area contributed by atoms with E-state index in [9.17, 15) is 4.79 Å². The number of carbonyl (C=O) groups excluding carboxylic acids is 1. The van der Waals surface area contributed by atoms with Crippen LogP contribution in [0.2, 0.25) is 0 Å². The van der Waals surface area contributed by atoms with E-state index in [0.717, 1.165) is 21.3 Å². The number of aryl methyl sites for hydroxylation is 1. The van der Waals surface area contributed by atoms with Crippen molar-refractivity contribution in [2.24, 2.45) is 0 Å². The highest BCUT2D eigenvalue weighted by Crippen LogP contribution is 2.32. The molecule has 5 heteroatoms. The van der Waals surface area contributed by atoms with Gasteiger partial charge in [0, 0.05) is 12.2 Å². The first-order chi connectivity index (χ1) is 10.7. The van der Waals surface area contributed by atoms with Crippen molar-refractivity contribution < 1.29 is 4.79 Å². The molecule has 0 aliphatic carbocycles. The van der Waals surface area contributed by atoms with E-state index in [0.29, 0.717) is 11.4 Å². The molecule has 0 spiro atoms. The zero-order valence-electron chi connectivity index (χ0n) is 12.4. The van der Waals surface area contributed by atoms with Gasteiger partial charge in [-0.25, -0.2) is 4.98 Å². The fourth-order valence-electron chi connectivity index (χ4n) is 2.27. The van der Waals surface area contributed by atoms with Crippen LogP contribution in [-0.2, 0) is 0 Å². The Hall–Kier alpha value is -1.98. The minimum absolute atomic E-state index is 0.0199. The summed E-state index contributed by atoms with van der Waals surface area (Å²) in [4.78, 5) is 21.1. The summed E-state index contributed by atoms with van der Waals surface area (Å²) in [7, 11) is 0. The second-order valence-corrected chi connectivity index (χ2v) is 6.74. The predicted molar refractivity (Wildman–Crippen MR) is 94.0 cm³/mol. The molecule has 1 aromatic carbocycles. The number of hydrogen-bond acceptors (Lipinski definition) is 4. The Morgan fingerprint density at radius 1 is 1.18 bits per heavy atom. The topological polar surface area (TPSA) is 33.2 Å². The van der Waals surface area contributed by atoms with Crippen molar-refractivity contribution in [3.05, 3.63) is 58.4 Å². The Morgan fingerprint density at radius 3 is 2.59 bits per heavy atom. The molecule has 2 aromatic heterocycles. The first-order valence-corrected chi connectivity index (χ1v) is 8.78. The standard InChI is InChI=1S/C17H16N2OS2/c1-3-19(13-8-5-4-6-9-13)17(20)15-12(2)18-16(22-15)14-10-7-11-21-14/h4-11H,3H2,1-2H3. The van der Waals surface area contributed by atoms with Gasteiger partial charge in [0.2, 0.25) is 0 Å². The van der Waals surface area contributed by atoms with Gasteiger partial charge < -0.3 is 4.90 Å². The van der Waals surface area contributed by atoms with Crippen LogP contribution < -0.4 is 4.90 Å². The molecule has 0 N–H and O–H groups in total. The minimum atomic E-state index is 0.0199. The molecule has 1 amide bonds. The summed E-state index contributed by atoms with van der Waals surface area (Å²) in [6.45, 7) is 4.52. The van der Waals surface area contributed by atoms with Crippen LogP contribution >= 0.6 is 22.7 Å². The monoisotopic (exact) mass is 328 g/mol. The van der Waals surface area contributed by atoms with E-state index in [4.69, 9.17) is 0 Å². The van der Waals surface area contributed by atoms with Crippen LogP contribution in [0.15, 0.2) is 47.8 Å². The lowest BCUT2D eigenvalue weighted by Crippen LogP contribution is -2.30. The number of rotatable bonds is 4. The highest BCUT2D eigenvalue weighted by atomic mass is 32.1. The van der Waals surface area contributed by atoms with E-state index in [1.54, 1.807) is 16.2 Å². The molecule has 3 nitrogen and oxygen atoms in total. The van der Waals surface area contributed by atoms with Gasteiger partial charge >= 0.3 is 0 Å². The number of carbonyl (C=O) groups is 1. The Morgan fingerprint density at radius 2 is 1.95 bits per heavy atom. The lowest BCUT2D eigenvalue weighted by Gasteiger charge is -2.20. The largest absolute Gasteiger partial charge is 0.308 e. The van der Waals surface area contributed by atoms with Gasteiger partial charge in [0.05, 0.1) is 10.6 Å². The molecule has 0 saturated carbocycles. The van der Waals surface area contributed by atoms with E-state index in [2.05, 4.69) is 4.98 Å². The van der Waals surface area contributed by atoms with Crippen molar-refractivity contribution in [2.75, 3.05) is 11.4 Å². The third kappa shape index (κ3) is 2.82. The number of anilines is 1. The van der Waals surface area contributed by atoms with Crippen LogP contribution in [0, 0.1) is 6.92 Å². The maximum absolute atomic E-state index is 12.9. The second kappa shape index (κ2) is 6.42. The van der Waals surface area contributed by atoms with E-state index < -0.39 is 0 Å². The summed E-state index contributed by atoms with van der Waals surface area (Å²) in [5.41, 5.74) is 1.72.